The molecule has 0 saturated heterocycles. The van der Waals surface area contributed by atoms with Gasteiger partial charge in [0.15, 0.2) is 4.80 Å². The van der Waals surface area contributed by atoms with Gasteiger partial charge in [-0.2, -0.15) is 0 Å². The zero-order chi connectivity index (χ0) is 27.0. The SMILES string of the molecule is CCOC(=O)C1=C(C)N=c2s/c(=C/c3ccc(N(C)C)c(Br)c3)c(=O)n2[C@H]1c1ccc(C)c([N+](=O)[O-])c1. The molecule has 0 radical (unpaired) electrons. The molecule has 1 aliphatic heterocycles. The summed E-state index contributed by atoms with van der Waals surface area (Å²) in [6.45, 7) is 5.14. The summed E-state index contributed by atoms with van der Waals surface area (Å²) in [5.74, 6) is -0.616. The highest BCUT2D eigenvalue weighted by molar-refractivity contribution is 9.10. The van der Waals surface area contributed by atoms with Gasteiger partial charge in [0.05, 0.1) is 39.1 Å². The van der Waals surface area contributed by atoms with Crippen molar-refractivity contribution in [3.8, 4) is 0 Å². The Balaban J connectivity index is 1.96. The lowest BCUT2D eigenvalue weighted by Crippen LogP contribution is -2.40. The van der Waals surface area contributed by atoms with E-state index in [0.29, 0.717) is 26.2 Å². The Kier molecular flexibility index (Phi) is 7.47. The van der Waals surface area contributed by atoms with Crippen LogP contribution in [0.3, 0.4) is 0 Å². The number of nitro groups is 1. The monoisotopic (exact) mass is 584 g/mol. The summed E-state index contributed by atoms with van der Waals surface area (Å²) in [5.41, 5.74) is 2.85. The number of ether oxygens (including phenoxy) is 1. The highest BCUT2D eigenvalue weighted by Crippen LogP contribution is 2.33. The van der Waals surface area contributed by atoms with Crippen molar-refractivity contribution >= 4 is 50.7 Å². The molecule has 1 aromatic heterocycles. The fraction of sp³-hybridized carbons (Fsp3) is 0.269. The van der Waals surface area contributed by atoms with E-state index in [4.69, 9.17) is 4.74 Å². The third-order valence-corrected chi connectivity index (χ3v) is 7.63. The maximum absolute atomic E-state index is 13.7. The van der Waals surface area contributed by atoms with Crippen LogP contribution < -0.4 is 19.8 Å². The average molecular weight is 585 g/mol. The Hall–Kier alpha value is -3.57. The summed E-state index contributed by atoms with van der Waals surface area (Å²) in [4.78, 5) is 44.9. The number of allylic oxidation sites excluding steroid dienone is 1. The van der Waals surface area contributed by atoms with Crippen LogP contribution in [0.4, 0.5) is 11.4 Å². The van der Waals surface area contributed by atoms with E-state index in [9.17, 15) is 19.7 Å². The smallest absolute Gasteiger partial charge is 0.338 e. The number of nitrogens with zero attached hydrogens (tertiary/aromatic N) is 4. The van der Waals surface area contributed by atoms with E-state index in [1.54, 1.807) is 39.0 Å². The standard InChI is InChI=1S/C26H25BrN4O5S/c1-6-36-25(33)22-15(3)28-26-30(23(22)17-9-7-14(2)20(13-17)31(34)35)24(32)21(37-26)12-16-8-10-19(29(4)5)18(27)11-16/h7-13,23H,6H2,1-5H3/b21-12+/t23-/m0/s1. The predicted octanol–water partition coefficient (Wildman–Crippen LogP) is 3.84. The van der Waals surface area contributed by atoms with Gasteiger partial charge in [-0.05, 0) is 66.0 Å². The number of carbonyl (C=O) groups is 1. The molecular formula is C26H25BrN4O5S. The van der Waals surface area contributed by atoms with Crippen molar-refractivity contribution in [1.82, 2.24) is 4.57 Å². The predicted molar refractivity (Wildman–Crippen MR) is 147 cm³/mol. The largest absolute Gasteiger partial charge is 0.463 e. The molecule has 0 spiro atoms. The lowest BCUT2D eigenvalue weighted by atomic mass is 9.94. The van der Waals surface area contributed by atoms with E-state index in [-0.39, 0.29) is 23.4 Å². The van der Waals surface area contributed by atoms with Crippen molar-refractivity contribution in [2.75, 3.05) is 25.6 Å². The van der Waals surface area contributed by atoms with Gasteiger partial charge in [-0.1, -0.05) is 29.5 Å². The lowest BCUT2D eigenvalue weighted by Gasteiger charge is -2.24. The van der Waals surface area contributed by atoms with Crippen molar-refractivity contribution in [3.05, 3.63) is 98.6 Å². The molecule has 2 heterocycles. The normalized spacial score (nSPS) is 15.3. The molecule has 2 aromatic carbocycles. The number of aryl methyl sites for hydroxylation is 1. The molecule has 3 aromatic rings. The third-order valence-electron chi connectivity index (χ3n) is 6.01. The molecule has 1 atom stereocenters. The van der Waals surface area contributed by atoms with Crippen molar-refractivity contribution in [2.45, 2.75) is 26.8 Å². The van der Waals surface area contributed by atoms with Crippen molar-refractivity contribution in [1.29, 1.82) is 0 Å². The van der Waals surface area contributed by atoms with Gasteiger partial charge in [0.25, 0.3) is 11.2 Å². The number of aromatic nitrogens is 1. The fourth-order valence-corrected chi connectivity index (χ4v) is 6.02. The van der Waals surface area contributed by atoms with E-state index >= 15 is 0 Å². The highest BCUT2D eigenvalue weighted by Gasteiger charge is 2.34. The lowest BCUT2D eigenvalue weighted by molar-refractivity contribution is -0.385. The molecule has 11 heteroatoms. The number of rotatable bonds is 6. The Morgan fingerprint density at radius 1 is 1.27 bits per heavy atom. The Labute approximate surface area is 225 Å². The molecule has 0 aliphatic carbocycles. The molecule has 0 fully saturated rings. The number of esters is 1. The van der Waals surface area contributed by atoms with Gasteiger partial charge in [-0.25, -0.2) is 9.79 Å². The molecule has 9 nitrogen and oxygen atoms in total. The van der Waals surface area contributed by atoms with Crippen LogP contribution in [0, 0.1) is 17.0 Å². The maximum atomic E-state index is 13.7. The molecule has 0 amide bonds. The molecule has 37 heavy (non-hydrogen) atoms. The first-order valence-corrected chi connectivity index (χ1v) is 13.1. The number of anilines is 1. The van der Waals surface area contributed by atoms with E-state index in [2.05, 4.69) is 20.9 Å². The Morgan fingerprint density at radius 2 is 2.00 bits per heavy atom. The zero-order valence-electron chi connectivity index (χ0n) is 20.9. The Morgan fingerprint density at radius 3 is 2.62 bits per heavy atom. The molecule has 4 rings (SSSR count). The number of fused-ring (bicyclic) bond motifs is 1. The van der Waals surface area contributed by atoms with Crippen molar-refractivity contribution in [2.24, 2.45) is 4.99 Å². The molecule has 0 unspecified atom stereocenters. The number of nitro benzene ring substituents is 1. The zero-order valence-corrected chi connectivity index (χ0v) is 23.3. The minimum Gasteiger partial charge on any atom is -0.463 e. The first kappa shape index (κ1) is 26.5. The molecule has 0 N–H and O–H groups in total. The van der Waals surface area contributed by atoms with Gasteiger partial charge >= 0.3 is 5.97 Å². The summed E-state index contributed by atoms with van der Waals surface area (Å²) >= 11 is 4.77. The second-order valence-electron chi connectivity index (χ2n) is 8.71. The van der Waals surface area contributed by atoms with Crippen LogP contribution >= 0.6 is 27.3 Å². The summed E-state index contributed by atoms with van der Waals surface area (Å²) in [7, 11) is 3.88. The minimum atomic E-state index is -0.917. The minimum absolute atomic E-state index is 0.0941. The van der Waals surface area contributed by atoms with Gasteiger partial charge in [-0.3, -0.25) is 19.5 Å². The van der Waals surface area contributed by atoms with Gasteiger partial charge < -0.3 is 9.64 Å². The van der Waals surface area contributed by atoms with Crippen LogP contribution in [0.1, 0.15) is 36.6 Å². The van der Waals surface area contributed by atoms with E-state index in [1.807, 2.05) is 37.2 Å². The fourth-order valence-electron chi connectivity index (χ4n) is 4.23. The van der Waals surface area contributed by atoms with Crippen LogP contribution in [0.2, 0.25) is 0 Å². The number of carbonyl (C=O) groups excluding carboxylic acids is 1. The quantitative estimate of drug-likeness (QED) is 0.247. The highest BCUT2D eigenvalue weighted by atomic mass is 79.9. The van der Waals surface area contributed by atoms with Crippen LogP contribution in [0.15, 0.2) is 61.9 Å². The number of hydrogen-bond donors (Lipinski definition) is 0. The maximum Gasteiger partial charge on any atom is 0.338 e. The third kappa shape index (κ3) is 5.01. The average Bonchev–Trinajstić information content (AvgIpc) is 3.12. The first-order valence-electron chi connectivity index (χ1n) is 11.4. The second kappa shape index (κ2) is 10.4. The molecule has 192 valence electrons. The molecule has 0 saturated carbocycles. The number of thiazole rings is 1. The van der Waals surface area contributed by atoms with Crippen LogP contribution in [-0.2, 0) is 9.53 Å². The summed E-state index contributed by atoms with van der Waals surface area (Å²) in [5, 5.41) is 11.7. The Bertz CT molecular complexity index is 1640. The van der Waals surface area contributed by atoms with E-state index in [1.165, 1.54) is 22.0 Å². The molecular weight excluding hydrogens is 560 g/mol. The van der Waals surface area contributed by atoms with Crippen molar-refractivity contribution in [3.63, 3.8) is 0 Å². The van der Waals surface area contributed by atoms with Gasteiger partial charge in [0.2, 0.25) is 0 Å². The van der Waals surface area contributed by atoms with Crippen LogP contribution in [-0.4, -0.2) is 36.2 Å². The first-order chi connectivity index (χ1) is 17.5. The summed E-state index contributed by atoms with van der Waals surface area (Å²) in [6, 6.07) is 9.58. The van der Waals surface area contributed by atoms with Crippen molar-refractivity contribution < 1.29 is 14.5 Å². The number of benzene rings is 2. The topological polar surface area (TPSA) is 107 Å². The summed E-state index contributed by atoms with van der Waals surface area (Å²) in [6.07, 6.45) is 1.77. The number of halogens is 1. The summed E-state index contributed by atoms with van der Waals surface area (Å²) < 4.78 is 8.01. The van der Waals surface area contributed by atoms with Crippen LogP contribution in [0.25, 0.3) is 6.08 Å². The second-order valence-corrected chi connectivity index (χ2v) is 10.6. The van der Waals surface area contributed by atoms with Gasteiger partial charge in [0.1, 0.15) is 0 Å². The van der Waals surface area contributed by atoms with Crippen LogP contribution in [0.5, 0.6) is 0 Å². The van der Waals surface area contributed by atoms with E-state index < -0.39 is 16.9 Å². The van der Waals surface area contributed by atoms with Gasteiger partial charge in [0, 0.05) is 30.2 Å². The number of hydrogen-bond acceptors (Lipinski definition) is 8. The van der Waals surface area contributed by atoms with E-state index in [0.717, 1.165) is 15.7 Å². The van der Waals surface area contributed by atoms with Gasteiger partial charge in [-0.15, -0.1) is 0 Å². The molecule has 0 bridgehead atoms. The molecule has 1 aliphatic rings.